The second-order valence-electron chi connectivity index (χ2n) is 6.38. The van der Waals surface area contributed by atoms with Gasteiger partial charge < -0.3 is 19.5 Å². The van der Waals surface area contributed by atoms with Crippen LogP contribution < -0.4 is 5.32 Å². The smallest absolute Gasteiger partial charge is 0.409 e. The number of hydrogen-bond acceptors (Lipinski definition) is 5. The van der Waals surface area contributed by atoms with Gasteiger partial charge in [-0.25, -0.2) is 4.79 Å². The Morgan fingerprint density at radius 1 is 1.30 bits per heavy atom. The fourth-order valence-electron chi connectivity index (χ4n) is 3.10. The van der Waals surface area contributed by atoms with Crippen LogP contribution in [0.1, 0.15) is 16.8 Å². The monoisotopic (exact) mass is 368 g/mol. The topological polar surface area (TPSA) is 93.8 Å². The number of rotatable bonds is 5. The molecule has 4 rings (SSSR count). The first-order valence-electron chi connectivity index (χ1n) is 8.80. The second-order valence-corrected chi connectivity index (χ2v) is 6.38. The van der Waals surface area contributed by atoms with Gasteiger partial charge in [-0.05, 0) is 30.7 Å². The second kappa shape index (κ2) is 7.10. The summed E-state index contributed by atoms with van der Waals surface area (Å²) in [4.78, 5) is 25.7. The van der Waals surface area contributed by atoms with E-state index in [9.17, 15) is 9.59 Å². The number of nitrogens with zero attached hydrogens (tertiary/aromatic N) is 5. The number of amides is 2. The minimum atomic E-state index is -0.325. The van der Waals surface area contributed by atoms with Gasteiger partial charge in [-0.2, -0.15) is 0 Å². The number of hydrogen-bond donors (Lipinski definition) is 1. The highest BCUT2D eigenvalue weighted by Crippen LogP contribution is 2.19. The number of pyridine rings is 1. The summed E-state index contributed by atoms with van der Waals surface area (Å²) in [5, 5.41) is 11.2. The van der Waals surface area contributed by atoms with Crippen LogP contribution in [0.25, 0.3) is 17.2 Å². The Hall–Kier alpha value is -3.36. The van der Waals surface area contributed by atoms with Crippen molar-refractivity contribution >= 4 is 17.6 Å². The van der Waals surface area contributed by atoms with Gasteiger partial charge in [0, 0.05) is 39.1 Å². The van der Waals surface area contributed by atoms with Crippen molar-refractivity contribution in [1.82, 2.24) is 29.4 Å². The number of aryl methyl sites for hydroxylation is 1. The summed E-state index contributed by atoms with van der Waals surface area (Å²) in [7, 11) is 1.93. The van der Waals surface area contributed by atoms with Crippen LogP contribution >= 0.6 is 0 Å². The largest absolute Gasteiger partial charge is 0.449 e. The summed E-state index contributed by atoms with van der Waals surface area (Å²) in [5.74, 6) is 0.456. The van der Waals surface area contributed by atoms with Gasteiger partial charge in [-0.15, -0.1) is 10.2 Å². The third-order valence-corrected chi connectivity index (χ3v) is 4.56. The molecule has 4 heterocycles. The molecule has 0 atom stereocenters. The van der Waals surface area contributed by atoms with E-state index in [4.69, 9.17) is 4.74 Å². The minimum Gasteiger partial charge on any atom is -0.449 e. The van der Waals surface area contributed by atoms with E-state index in [1.54, 1.807) is 27.6 Å². The van der Waals surface area contributed by atoms with Crippen LogP contribution in [0.2, 0.25) is 0 Å². The van der Waals surface area contributed by atoms with Crippen LogP contribution in [0.3, 0.4) is 0 Å². The first kappa shape index (κ1) is 17.1. The van der Waals surface area contributed by atoms with Crippen molar-refractivity contribution in [2.75, 3.05) is 26.2 Å². The van der Waals surface area contributed by atoms with E-state index in [0.717, 1.165) is 12.1 Å². The van der Waals surface area contributed by atoms with Gasteiger partial charge in [-0.3, -0.25) is 9.20 Å². The van der Waals surface area contributed by atoms with Crippen LogP contribution in [0.4, 0.5) is 4.79 Å². The third-order valence-electron chi connectivity index (χ3n) is 4.56. The van der Waals surface area contributed by atoms with Gasteiger partial charge in [-0.1, -0.05) is 0 Å². The Morgan fingerprint density at radius 2 is 2.19 bits per heavy atom. The Bertz CT molecular complexity index is 992. The van der Waals surface area contributed by atoms with Crippen LogP contribution in [0, 0.1) is 0 Å². The Kier molecular flexibility index (Phi) is 4.49. The summed E-state index contributed by atoms with van der Waals surface area (Å²) in [5.41, 5.74) is 2.07. The van der Waals surface area contributed by atoms with E-state index < -0.39 is 0 Å². The number of carbonyl (C=O) groups excluding carboxylic acids is 2. The van der Waals surface area contributed by atoms with Gasteiger partial charge >= 0.3 is 6.09 Å². The molecule has 0 bridgehead atoms. The predicted octanol–water partition coefficient (Wildman–Crippen LogP) is 1.31. The Morgan fingerprint density at radius 3 is 2.96 bits per heavy atom. The molecular formula is C18H20N6O3. The summed E-state index contributed by atoms with van der Waals surface area (Å²) in [6.45, 7) is 1.90. The van der Waals surface area contributed by atoms with E-state index in [1.165, 1.54) is 0 Å². The average Bonchev–Trinajstić information content (AvgIpc) is 3.28. The van der Waals surface area contributed by atoms with Crippen LogP contribution in [-0.4, -0.2) is 62.3 Å². The summed E-state index contributed by atoms with van der Waals surface area (Å²) in [6, 6.07) is 7.35. The van der Waals surface area contributed by atoms with Crippen molar-refractivity contribution in [3.05, 3.63) is 42.2 Å². The first-order valence-corrected chi connectivity index (χ1v) is 8.80. The van der Waals surface area contributed by atoms with Crippen molar-refractivity contribution in [1.29, 1.82) is 0 Å². The standard InChI is InChI=1S/C18H20N6O3/c1-22-8-2-4-14(22)16-21-20-15-6-5-13(12-24(15)16)17(25)19-7-10-23-9-3-11-27-18(23)26/h2,4-6,8,12H,3,7,9-11H2,1H3,(H,19,25). The molecule has 1 saturated heterocycles. The Labute approximate surface area is 155 Å². The molecule has 140 valence electrons. The van der Waals surface area contributed by atoms with Crippen molar-refractivity contribution in [3.63, 3.8) is 0 Å². The SMILES string of the molecule is Cn1cccc1-c1nnc2ccc(C(=O)NCCN3CCCOC3=O)cn12. The maximum atomic E-state index is 12.5. The molecule has 0 radical (unpaired) electrons. The lowest BCUT2D eigenvalue weighted by Crippen LogP contribution is -2.42. The van der Waals surface area contributed by atoms with Gasteiger partial charge in [0.15, 0.2) is 11.5 Å². The maximum absolute atomic E-state index is 12.5. The number of aromatic nitrogens is 4. The van der Waals surface area contributed by atoms with Gasteiger partial charge in [0.2, 0.25) is 0 Å². The molecule has 1 fully saturated rings. The van der Waals surface area contributed by atoms with Crippen molar-refractivity contribution in [3.8, 4) is 11.5 Å². The number of fused-ring (bicyclic) bond motifs is 1. The lowest BCUT2D eigenvalue weighted by Gasteiger charge is -2.26. The number of cyclic esters (lactones) is 1. The van der Waals surface area contributed by atoms with E-state index in [-0.39, 0.29) is 12.0 Å². The molecule has 0 aromatic carbocycles. The predicted molar refractivity (Wildman–Crippen MR) is 97.3 cm³/mol. The molecule has 1 N–H and O–H groups in total. The molecule has 0 spiro atoms. The average molecular weight is 368 g/mol. The maximum Gasteiger partial charge on any atom is 0.409 e. The molecular weight excluding hydrogens is 348 g/mol. The highest BCUT2D eigenvalue weighted by molar-refractivity contribution is 5.94. The molecule has 0 unspecified atom stereocenters. The first-order chi connectivity index (χ1) is 13.1. The van der Waals surface area contributed by atoms with E-state index >= 15 is 0 Å². The van der Waals surface area contributed by atoms with Crippen molar-refractivity contribution in [2.24, 2.45) is 7.05 Å². The van der Waals surface area contributed by atoms with Gasteiger partial charge in [0.1, 0.15) is 0 Å². The number of ether oxygens (including phenoxy) is 1. The van der Waals surface area contributed by atoms with E-state index in [0.29, 0.717) is 43.3 Å². The molecule has 3 aromatic heterocycles. The number of nitrogens with one attached hydrogen (secondary N) is 1. The fraction of sp³-hybridized carbons (Fsp3) is 0.333. The molecule has 1 aliphatic rings. The fourth-order valence-corrected chi connectivity index (χ4v) is 3.10. The molecule has 0 aliphatic carbocycles. The van der Waals surface area contributed by atoms with Crippen LogP contribution in [-0.2, 0) is 11.8 Å². The molecule has 3 aromatic rings. The highest BCUT2D eigenvalue weighted by atomic mass is 16.6. The minimum absolute atomic E-state index is 0.214. The molecule has 1 aliphatic heterocycles. The lowest BCUT2D eigenvalue weighted by atomic mass is 10.2. The van der Waals surface area contributed by atoms with Crippen molar-refractivity contribution < 1.29 is 14.3 Å². The quantitative estimate of drug-likeness (QED) is 0.733. The van der Waals surface area contributed by atoms with Crippen LogP contribution in [0.15, 0.2) is 36.7 Å². The normalized spacial score (nSPS) is 14.4. The molecule has 9 nitrogen and oxygen atoms in total. The number of carbonyl (C=O) groups is 2. The third kappa shape index (κ3) is 3.35. The van der Waals surface area contributed by atoms with Gasteiger partial charge in [0.25, 0.3) is 5.91 Å². The molecule has 9 heteroatoms. The van der Waals surface area contributed by atoms with E-state index in [2.05, 4.69) is 15.5 Å². The zero-order chi connectivity index (χ0) is 18.8. The summed E-state index contributed by atoms with van der Waals surface area (Å²) >= 11 is 0. The summed E-state index contributed by atoms with van der Waals surface area (Å²) < 4.78 is 8.73. The molecule has 27 heavy (non-hydrogen) atoms. The van der Waals surface area contributed by atoms with E-state index in [1.807, 2.05) is 29.9 Å². The Balaban J connectivity index is 1.47. The van der Waals surface area contributed by atoms with Gasteiger partial charge in [0.05, 0.1) is 17.9 Å². The summed E-state index contributed by atoms with van der Waals surface area (Å²) in [6.07, 6.45) is 4.14. The highest BCUT2D eigenvalue weighted by Gasteiger charge is 2.19. The van der Waals surface area contributed by atoms with Crippen LogP contribution in [0.5, 0.6) is 0 Å². The van der Waals surface area contributed by atoms with Crippen molar-refractivity contribution in [2.45, 2.75) is 6.42 Å². The zero-order valence-corrected chi connectivity index (χ0v) is 15.0. The molecule has 2 amide bonds. The molecule has 0 saturated carbocycles. The lowest BCUT2D eigenvalue weighted by molar-refractivity contribution is 0.0719. The zero-order valence-electron chi connectivity index (χ0n) is 15.0.